The van der Waals surface area contributed by atoms with Crippen LogP contribution in [0.25, 0.3) is 0 Å². The van der Waals surface area contributed by atoms with E-state index in [4.69, 9.17) is 5.21 Å². The molecule has 0 rings (SSSR count). The lowest BCUT2D eigenvalue weighted by Crippen LogP contribution is -2.15. The van der Waals surface area contributed by atoms with Crippen LogP contribution in [0.3, 0.4) is 0 Å². The largest absolute Gasteiger partial charge is 0.275 e. The number of hydroxylamine groups is 1. The summed E-state index contributed by atoms with van der Waals surface area (Å²) in [6.45, 7) is 2.29. The lowest BCUT2D eigenvalue weighted by atomic mass is 10.0. The van der Waals surface area contributed by atoms with Crippen LogP contribution in [0.2, 0.25) is 0 Å². The van der Waals surface area contributed by atoms with Crippen LogP contribution < -0.4 is 0 Å². The molecule has 0 fully saturated rings. The van der Waals surface area contributed by atoms with Crippen LogP contribution in [0.1, 0.15) is 180 Å². The maximum absolute atomic E-state index is 11.2. The second-order valence-electron chi connectivity index (χ2n) is 10.2. The van der Waals surface area contributed by atoms with Gasteiger partial charge in [0.15, 0.2) is 0 Å². The Kier molecular flexibility index (Phi) is 28.1. The minimum absolute atomic E-state index is 0.251. The van der Waals surface area contributed by atoms with Crippen LogP contribution in [-0.2, 0) is 4.79 Å². The van der Waals surface area contributed by atoms with Gasteiger partial charge in [-0.25, -0.2) is 0 Å². The third-order valence-electron chi connectivity index (χ3n) is 6.95. The highest BCUT2D eigenvalue weighted by molar-refractivity contribution is 9.07. The van der Waals surface area contributed by atoms with Gasteiger partial charge >= 0.3 is 0 Å². The third-order valence-corrected chi connectivity index (χ3v) is 7.35. The van der Waals surface area contributed by atoms with E-state index >= 15 is 0 Å². The summed E-state index contributed by atoms with van der Waals surface area (Å²) in [5, 5.41) is 8.91. The van der Waals surface area contributed by atoms with Gasteiger partial charge in [-0.3, -0.25) is 10.0 Å². The quantitative estimate of drug-likeness (QED) is 0.0495. The molecular formula is C29H58BrNO2. The molecule has 0 aliphatic carbocycles. The van der Waals surface area contributed by atoms with Gasteiger partial charge in [0, 0.05) is 6.42 Å². The molecule has 0 atom stereocenters. The Morgan fingerprint density at radius 1 is 0.485 bits per heavy atom. The normalized spacial score (nSPS) is 11.2. The van der Waals surface area contributed by atoms with Crippen LogP contribution >= 0.6 is 16.1 Å². The number of hydrogen-bond acceptors (Lipinski definition) is 2. The summed E-state index contributed by atoms with van der Waals surface area (Å²) in [5.41, 5.74) is 0. The zero-order valence-corrected chi connectivity index (χ0v) is 23.9. The maximum atomic E-state index is 11.2. The van der Waals surface area contributed by atoms with Crippen molar-refractivity contribution in [2.75, 3.05) is 0 Å². The highest BCUT2D eigenvalue weighted by Gasteiger charge is 2.06. The highest BCUT2D eigenvalue weighted by Crippen LogP contribution is 2.16. The molecule has 0 aliphatic rings. The Morgan fingerprint density at radius 2 is 0.697 bits per heavy atom. The van der Waals surface area contributed by atoms with Gasteiger partial charge in [0.2, 0.25) is 0 Å². The third kappa shape index (κ3) is 28.0. The van der Waals surface area contributed by atoms with Crippen molar-refractivity contribution in [1.29, 1.82) is 0 Å². The molecule has 3 nitrogen and oxygen atoms in total. The number of carbonyl (C=O) groups excluding carboxylic acids is 1. The first-order valence-electron chi connectivity index (χ1n) is 14.9. The monoisotopic (exact) mass is 531 g/mol. The van der Waals surface area contributed by atoms with Gasteiger partial charge in [-0.15, -0.1) is 0 Å². The number of unbranched alkanes of at least 4 members (excludes halogenated alkanes) is 25. The number of amides is 1. The zero-order chi connectivity index (χ0) is 24.2. The van der Waals surface area contributed by atoms with E-state index in [2.05, 4.69) is 23.1 Å². The van der Waals surface area contributed by atoms with Gasteiger partial charge in [0.05, 0.1) is 16.1 Å². The molecule has 0 spiro atoms. The van der Waals surface area contributed by atoms with Gasteiger partial charge < -0.3 is 0 Å². The van der Waals surface area contributed by atoms with Gasteiger partial charge in [0.25, 0.3) is 5.91 Å². The summed E-state index contributed by atoms with van der Waals surface area (Å²) in [4.78, 5) is 11.2. The average Bonchev–Trinajstić information content (AvgIpc) is 2.81. The standard InChI is InChI=1S/C29H58BrNO2/c1-2-3-4-5-6-7-8-9-10-11-12-13-14-15-16-17-18-19-20-21-22-23-24-25-26-27-28-29(32)31(30)33/h33H,2-28H2,1H3. The molecule has 0 unspecified atom stereocenters. The van der Waals surface area contributed by atoms with E-state index in [9.17, 15) is 4.79 Å². The SMILES string of the molecule is CCCCCCCCCCCCCCCCCCCCCCCCCCCCC(=O)N(O)Br. The summed E-state index contributed by atoms with van der Waals surface area (Å²) in [6.07, 6.45) is 36.5. The number of nitrogens with zero attached hydrogens (tertiary/aromatic N) is 1. The first kappa shape index (κ1) is 32.9. The Balaban J connectivity index is 3.05. The Morgan fingerprint density at radius 3 is 0.909 bits per heavy atom. The molecule has 0 aliphatic heterocycles. The molecule has 0 aromatic rings. The van der Waals surface area contributed by atoms with E-state index in [1.165, 1.54) is 154 Å². The molecule has 33 heavy (non-hydrogen) atoms. The molecule has 0 heterocycles. The fourth-order valence-corrected chi connectivity index (χ4v) is 4.86. The van der Waals surface area contributed by atoms with Crippen molar-refractivity contribution >= 4 is 22.1 Å². The second-order valence-corrected chi connectivity index (χ2v) is 10.9. The van der Waals surface area contributed by atoms with Crippen molar-refractivity contribution in [3.63, 3.8) is 0 Å². The van der Waals surface area contributed by atoms with Crippen molar-refractivity contribution in [2.24, 2.45) is 0 Å². The predicted molar refractivity (Wildman–Crippen MR) is 148 cm³/mol. The molecule has 1 amide bonds. The topological polar surface area (TPSA) is 40.5 Å². The number of carbonyl (C=O) groups is 1. The van der Waals surface area contributed by atoms with Gasteiger partial charge in [0.1, 0.15) is 0 Å². The molecule has 0 bridgehead atoms. The first-order chi connectivity index (χ1) is 16.2. The molecule has 0 saturated carbocycles. The van der Waals surface area contributed by atoms with Gasteiger partial charge in [-0.2, -0.15) is 4.09 Å². The molecule has 0 radical (unpaired) electrons. The van der Waals surface area contributed by atoms with Crippen LogP contribution in [0.15, 0.2) is 0 Å². The van der Waals surface area contributed by atoms with E-state index in [0.29, 0.717) is 10.5 Å². The van der Waals surface area contributed by atoms with Gasteiger partial charge in [-0.05, 0) is 6.42 Å². The summed E-state index contributed by atoms with van der Waals surface area (Å²) in [7, 11) is 0. The molecule has 0 aromatic carbocycles. The summed E-state index contributed by atoms with van der Waals surface area (Å²) in [5.74, 6) is -0.251. The minimum atomic E-state index is -0.251. The summed E-state index contributed by atoms with van der Waals surface area (Å²) in [6, 6.07) is 0. The fraction of sp³-hybridized carbons (Fsp3) is 0.966. The van der Waals surface area contributed by atoms with E-state index in [1.807, 2.05) is 0 Å². The minimum Gasteiger partial charge on any atom is -0.275 e. The van der Waals surface area contributed by atoms with Crippen molar-refractivity contribution in [2.45, 2.75) is 180 Å². The molecule has 0 aromatic heterocycles. The van der Waals surface area contributed by atoms with Crippen LogP contribution in [0, 0.1) is 0 Å². The lowest BCUT2D eigenvalue weighted by molar-refractivity contribution is -0.143. The van der Waals surface area contributed by atoms with E-state index in [1.54, 1.807) is 0 Å². The molecule has 1 N–H and O–H groups in total. The van der Waals surface area contributed by atoms with Crippen molar-refractivity contribution in [3.8, 4) is 0 Å². The molecule has 0 saturated heterocycles. The Labute approximate surface area is 216 Å². The maximum Gasteiger partial charge on any atom is 0.256 e. The van der Waals surface area contributed by atoms with Crippen LogP contribution in [0.5, 0.6) is 0 Å². The summed E-state index contributed by atoms with van der Waals surface area (Å²) >= 11 is 2.75. The second kappa shape index (κ2) is 28.1. The number of halogens is 1. The van der Waals surface area contributed by atoms with Crippen molar-refractivity contribution < 1.29 is 10.0 Å². The fourth-order valence-electron chi connectivity index (χ4n) is 4.68. The van der Waals surface area contributed by atoms with Gasteiger partial charge in [-0.1, -0.05) is 167 Å². The highest BCUT2D eigenvalue weighted by atomic mass is 79.9. The average molecular weight is 533 g/mol. The molecular weight excluding hydrogens is 474 g/mol. The van der Waals surface area contributed by atoms with Crippen LogP contribution in [-0.4, -0.2) is 15.2 Å². The van der Waals surface area contributed by atoms with E-state index in [0.717, 1.165) is 12.8 Å². The predicted octanol–water partition coefficient (Wildman–Crippen LogP) is 11.1. The van der Waals surface area contributed by atoms with Crippen molar-refractivity contribution in [1.82, 2.24) is 4.09 Å². The lowest BCUT2D eigenvalue weighted by Gasteiger charge is -2.05. The smallest absolute Gasteiger partial charge is 0.256 e. The zero-order valence-electron chi connectivity index (χ0n) is 22.3. The summed E-state index contributed by atoms with van der Waals surface area (Å²) < 4.78 is 0.521. The van der Waals surface area contributed by atoms with Crippen LogP contribution in [0.4, 0.5) is 0 Å². The number of hydrogen-bond donors (Lipinski definition) is 1. The first-order valence-corrected chi connectivity index (χ1v) is 15.6. The Hall–Kier alpha value is -0.0900. The van der Waals surface area contributed by atoms with E-state index < -0.39 is 0 Å². The van der Waals surface area contributed by atoms with Crippen molar-refractivity contribution in [3.05, 3.63) is 0 Å². The van der Waals surface area contributed by atoms with E-state index in [-0.39, 0.29) is 5.91 Å². The molecule has 4 heteroatoms. The Bertz CT molecular complexity index is 390. The number of rotatable bonds is 27. The molecule has 198 valence electrons.